The lowest BCUT2D eigenvalue weighted by molar-refractivity contribution is -0.148. The van der Waals surface area contributed by atoms with E-state index in [9.17, 15) is 19.2 Å². The average Bonchev–Trinajstić information content (AvgIpc) is 4.04. The fourth-order valence-electron chi connectivity index (χ4n) is 12.4. The van der Waals surface area contributed by atoms with Gasteiger partial charge in [-0.2, -0.15) is 0 Å². The van der Waals surface area contributed by atoms with Crippen LogP contribution in [-0.4, -0.2) is 83.9 Å². The van der Waals surface area contributed by atoms with E-state index in [4.69, 9.17) is 19.5 Å². The standard InChI is InChI=1S/C54H62N4O6/c1-29(2)41(26-49(59)63-5)53(61)57-19-7-8-46(57)44-23-38(28-55-44)31-9-11-32(12-10-31)39-16-17-40(52-35-14-13-34(21-35)51(39)52)33-15-18-43-36(20-33)22-45(56-43)48-25-37-24-47(37)58(48)54(62)42(30(3)4)27-50(60)64-6/h9-12,15-18,20,28-30,34-35,37,41-42,46-48H,7-8,13-14,19,21-27H2,1-6H3/t34?,35?,37?,41-,42?,46-,47?,48-/m0/s1. The Bertz CT molecular complexity index is 2500. The van der Waals surface area contributed by atoms with Crippen LogP contribution in [0, 0.1) is 29.6 Å². The first kappa shape index (κ1) is 42.6. The molecule has 0 radical (unpaired) electrons. The largest absolute Gasteiger partial charge is 0.469 e. The molecule has 0 N–H and O–H groups in total. The molecule has 8 atom stereocenters. The van der Waals surface area contributed by atoms with Crippen LogP contribution in [0.25, 0.3) is 27.8 Å². The number of nitrogens with zero attached hydrogens (tertiary/aromatic N) is 4. The first-order valence-electron chi connectivity index (χ1n) is 23.9. The highest BCUT2D eigenvalue weighted by Crippen LogP contribution is 2.59. The van der Waals surface area contributed by atoms with Gasteiger partial charge in [0.1, 0.15) is 0 Å². The summed E-state index contributed by atoms with van der Waals surface area (Å²) >= 11 is 0. The van der Waals surface area contributed by atoms with E-state index in [2.05, 4.69) is 59.5 Å². The van der Waals surface area contributed by atoms with Crippen LogP contribution in [0.5, 0.6) is 0 Å². The van der Waals surface area contributed by atoms with Crippen molar-refractivity contribution in [1.29, 1.82) is 0 Å². The van der Waals surface area contributed by atoms with Gasteiger partial charge < -0.3 is 19.3 Å². The van der Waals surface area contributed by atoms with Crippen LogP contribution in [-0.2, 0) is 35.1 Å². The molecule has 3 aliphatic carbocycles. The number of hydrogen-bond acceptors (Lipinski definition) is 8. The third-order valence-electron chi connectivity index (χ3n) is 16.0. The van der Waals surface area contributed by atoms with E-state index < -0.39 is 11.8 Å². The van der Waals surface area contributed by atoms with Crippen molar-refractivity contribution in [2.45, 2.75) is 128 Å². The third-order valence-corrected chi connectivity index (χ3v) is 16.0. The Kier molecular flexibility index (Phi) is 11.2. The van der Waals surface area contributed by atoms with Crippen molar-refractivity contribution in [3.05, 3.63) is 83.1 Å². The molecule has 10 nitrogen and oxygen atoms in total. The lowest BCUT2D eigenvalue weighted by Gasteiger charge is -2.32. The molecule has 3 aromatic carbocycles. The first-order chi connectivity index (χ1) is 30.9. The van der Waals surface area contributed by atoms with Crippen LogP contribution in [0.4, 0.5) is 5.69 Å². The summed E-state index contributed by atoms with van der Waals surface area (Å²) in [5.41, 5.74) is 14.9. The number of fused-ring (bicyclic) bond motifs is 7. The number of amides is 2. The van der Waals surface area contributed by atoms with Crippen molar-refractivity contribution in [3.63, 3.8) is 0 Å². The normalized spacial score (nSPS) is 25.8. The topological polar surface area (TPSA) is 118 Å². The number of aliphatic imine (C=N–C) groups is 2. The number of carbonyl (C=O) groups excluding carboxylic acids is 4. The van der Waals surface area contributed by atoms with Gasteiger partial charge in [-0.15, -0.1) is 0 Å². The predicted octanol–water partition coefficient (Wildman–Crippen LogP) is 9.85. The van der Waals surface area contributed by atoms with Crippen LogP contribution >= 0.6 is 0 Å². The monoisotopic (exact) mass is 862 g/mol. The maximum absolute atomic E-state index is 14.1. The number of hydrogen-bond donors (Lipinski definition) is 0. The van der Waals surface area contributed by atoms with Crippen molar-refractivity contribution in [2.24, 2.45) is 39.6 Å². The molecule has 2 saturated heterocycles. The predicted molar refractivity (Wildman–Crippen MR) is 249 cm³/mol. The summed E-state index contributed by atoms with van der Waals surface area (Å²) < 4.78 is 9.90. The zero-order valence-corrected chi connectivity index (χ0v) is 38.3. The Morgan fingerprint density at radius 2 is 1.31 bits per heavy atom. The highest BCUT2D eigenvalue weighted by atomic mass is 16.5. The Hall–Kier alpha value is -5.38. The molecule has 4 fully saturated rings. The second-order valence-electron chi connectivity index (χ2n) is 20.4. The zero-order chi connectivity index (χ0) is 44.6. The number of carbonyl (C=O) groups is 4. The molecule has 334 valence electrons. The molecule has 3 aromatic rings. The molecule has 4 aliphatic heterocycles. The van der Waals surface area contributed by atoms with Crippen LogP contribution < -0.4 is 0 Å². The van der Waals surface area contributed by atoms with Gasteiger partial charge in [0, 0.05) is 43.1 Å². The van der Waals surface area contributed by atoms with Gasteiger partial charge in [-0.05, 0) is 137 Å². The number of ether oxygens (including phenoxy) is 2. The Balaban J connectivity index is 0.843. The van der Waals surface area contributed by atoms with E-state index in [-0.39, 0.29) is 66.6 Å². The number of likely N-dealkylation sites (tertiary alicyclic amines) is 2. The van der Waals surface area contributed by atoms with Gasteiger partial charge in [-0.3, -0.25) is 29.2 Å². The number of methoxy groups -OCH3 is 2. The van der Waals surface area contributed by atoms with Crippen molar-refractivity contribution >= 4 is 46.4 Å². The first-order valence-corrected chi connectivity index (χ1v) is 23.9. The Morgan fingerprint density at radius 1 is 0.688 bits per heavy atom. The van der Waals surface area contributed by atoms with Gasteiger partial charge in [0.2, 0.25) is 11.8 Å². The maximum Gasteiger partial charge on any atom is 0.306 e. The van der Waals surface area contributed by atoms with Gasteiger partial charge in [0.25, 0.3) is 0 Å². The molecular formula is C54H62N4O6. The van der Waals surface area contributed by atoms with Crippen molar-refractivity contribution in [3.8, 4) is 22.3 Å². The Labute approximate surface area is 377 Å². The third kappa shape index (κ3) is 7.52. The van der Waals surface area contributed by atoms with Gasteiger partial charge >= 0.3 is 11.9 Å². The van der Waals surface area contributed by atoms with Crippen LogP contribution in [0.2, 0.25) is 0 Å². The molecule has 2 saturated carbocycles. The molecule has 0 aromatic heterocycles. The minimum absolute atomic E-state index is 0.0207. The molecule has 10 rings (SSSR count). The van der Waals surface area contributed by atoms with Gasteiger partial charge in [-0.1, -0.05) is 70.2 Å². The van der Waals surface area contributed by atoms with E-state index in [1.807, 2.05) is 38.8 Å². The summed E-state index contributed by atoms with van der Waals surface area (Å²) in [6.07, 6.45) is 11.1. The summed E-state index contributed by atoms with van der Waals surface area (Å²) in [6.45, 7) is 8.73. The minimum atomic E-state index is -0.402. The van der Waals surface area contributed by atoms with E-state index in [0.717, 1.165) is 54.8 Å². The fourth-order valence-corrected chi connectivity index (χ4v) is 12.4. The molecular weight excluding hydrogens is 801 g/mol. The Morgan fingerprint density at radius 3 is 1.97 bits per heavy atom. The highest BCUT2D eigenvalue weighted by Gasteiger charge is 2.56. The summed E-state index contributed by atoms with van der Waals surface area (Å²) in [7, 11) is 2.77. The lowest BCUT2D eigenvalue weighted by atomic mass is 9.81. The second-order valence-corrected chi connectivity index (χ2v) is 20.4. The van der Waals surface area contributed by atoms with E-state index in [1.54, 1.807) is 0 Å². The number of esters is 2. The van der Waals surface area contributed by atoms with Crippen LogP contribution in [0.1, 0.15) is 126 Å². The van der Waals surface area contributed by atoms with Gasteiger partial charge in [0.15, 0.2) is 0 Å². The molecule has 2 bridgehead atoms. The number of rotatable bonds is 13. The molecule has 5 unspecified atom stereocenters. The van der Waals surface area contributed by atoms with E-state index in [1.165, 1.54) is 78.0 Å². The zero-order valence-electron chi connectivity index (χ0n) is 38.3. The molecule has 2 amide bonds. The maximum atomic E-state index is 14.1. The summed E-state index contributed by atoms with van der Waals surface area (Å²) in [6, 6.07) is 20.7. The molecule has 4 heterocycles. The summed E-state index contributed by atoms with van der Waals surface area (Å²) in [4.78, 5) is 66.5. The minimum Gasteiger partial charge on any atom is -0.469 e. The van der Waals surface area contributed by atoms with Crippen LogP contribution in [0.3, 0.4) is 0 Å². The SMILES string of the molecule is COC(=O)CC(C(=O)N1C2CC2C[C@H]1C1=Nc2ccc(-c3ccc(-c4ccc(C5=CN=C([C@@H]6CCCN6C(=O)[C@@H](CC(=O)OC)C(C)C)C5)cc4)c4c3C3CCC4C3)cc2C1)C(C)C. The molecule has 64 heavy (non-hydrogen) atoms. The lowest BCUT2D eigenvalue weighted by Crippen LogP contribution is -2.47. The quantitative estimate of drug-likeness (QED) is 0.158. The van der Waals surface area contributed by atoms with Crippen molar-refractivity contribution < 1.29 is 28.7 Å². The number of allylic oxidation sites excluding steroid dienone is 1. The summed E-state index contributed by atoms with van der Waals surface area (Å²) in [5, 5.41) is 0. The van der Waals surface area contributed by atoms with Crippen molar-refractivity contribution in [1.82, 2.24) is 9.80 Å². The molecule has 10 heteroatoms. The smallest absolute Gasteiger partial charge is 0.306 e. The molecule has 7 aliphatic rings. The van der Waals surface area contributed by atoms with E-state index in [0.29, 0.717) is 30.7 Å². The summed E-state index contributed by atoms with van der Waals surface area (Å²) in [5.74, 6) is 0.354. The van der Waals surface area contributed by atoms with Gasteiger partial charge in [-0.25, -0.2) is 0 Å². The highest BCUT2D eigenvalue weighted by molar-refractivity contribution is 6.04. The average molecular weight is 863 g/mol. The second kappa shape index (κ2) is 16.9. The van der Waals surface area contributed by atoms with Crippen molar-refractivity contribution in [2.75, 3.05) is 20.8 Å². The number of benzene rings is 3. The molecule has 0 spiro atoms. The fraction of sp³-hybridized carbons (Fsp3) is 0.519. The number of piperidine rings is 1. The van der Waals surface area contributed by atoms with E-state index >= 15 is 0 Å². The van der Waals surface area contributed by atoms with Crippen LogP contribution in [0.15, 0.2) is 70.8 Å². The van der Waals surface area contributed by atoms with Gasteiger partial charge in [0.05, 0.1) is 56.7 Å².